The summed E-state index contributed by atoms with van der Waals surface area (Å²) in [6, 6.07) is 10.8. The molecule has 1 aromatic heterocycles. The molecule has 0 aliphatic heterocycles. The summed E-state index contributed by atoms with van der Waals surface area (Å²) >= 11 is 0. The Morgan fingerprint density at radius 2 is 2.00 bits per heavy atom. The van der Waals surface area contributed by atoms with Crippen LogP contribution in [0.5, 0.6) is 0 Å². The molecule has 88 valence electrons. The summed E-state index contributed by atoms with van der Waals surface area (Å²) in [5.74, 6) is 0. The highest BCUT2D eigenvalue weighted by atomic mass is 14.7. The number of pyridine rings is 1. The summed E-state index contributed by atoms with van der Waals surface area (Å²) in [4.78, 5) is 4.60. The summed E-state index contributed by atoms with van der Waals surface area (Å²) in [5, 5.41) is 1.27. The molecule has 1 aliphatic rings. The van der Waals surface area contributed by atoms with Crippen LogP contribution in [-0.2, 0) is 5.41 Å². The van der Waals surface area contributed by atoms with Crippen molar-refractivity contribution in [3.63, 3.8) is 0 Å². The third kappa shape index (κ3) is 1.55. The molecule has 1 unspecified atom stereocenters. The van der Waals surface area contributed by atoms with E-state index in [1.807, 2.05) is 6.07 Å². The van der Waals surface area contributed by atoms with E-state index in [4.69, 9.17) is 5.73 Å². The molecule has 0 saturated heterocycles. The largest absolute Gasteiger partial charge is 0.327 e. The fraction of sp³-hybridized carbons (Fsp3) is 0.400. The highest BCUT2D eigenvalue weighted by Gasteiger charge is 2.48. The van der Waals surface area contributed by atoms with Crippen molar-refractivity contribution in [2.24, 2.45) is 5.73 Å². The lowest BCUT2D eigenvalue weighted by atomic mass is 9.87. The molecule has 2 N–H and O–H groups in total. The number of benzene rings is 1. The van der Waals surface area contributed by atoms with E-state index >= 15 is 0 Å². The second-order valence-corrected chi connectivity index (χ2v) is 5.27. The molecule has 1 fully saturated rings. The summed E-state index contributed by atoms with van der Waals surface area (Å²) in [6.45, 7) is 4.19. The fourth-order valence-corrected chi connectivity index (χ4v) is 2.82. The average molecular weight is 226 g/mol. The van der Waals surface area contributed by atoms with Crippen LogP contribution in [0.25, 0.3) is 10.9 Å². The minimum Gasteiger partial charge on any atom is -0.327 e. The van der Waals surface area contributed by atoms with Crippen LogP contribution in [0.3, 0.4) is 0 Å². The van der Waals surface area contributed by atoms with Gasteiger partial charge in [0.05, 0.1) is 5.52 Å². The number of para-hydroxylation sites is 1. The van der Waals surface area contributed by atoms with E-state index < -0.39 is 0 Å². The van der Waals surface area contributed by atoms with Gasteiger partial charge in [-0.2, -0.15) is 0 Å². The molecule has 0 amide bonds. The first-order valence-corrected chi connectivity index (χ1v) is 6.26. The van der Waals surface area contributed by atoms with Gasteiger partial charge < -0.3 is 5.73 Å². The van der Waals surface area contributed by atoms with Gasteiger partial charge in [0.25, 0.3) is 0 Å². The Morgan fingerprint density at radius 3 is 2.65 bits per heavy atom. The molecule has 2 nitrogen and oxygen atoms in total. The van der Waals surface area contributed by atoms with Gasteiger partial charge in [0.2, 0.25) is 0 Å². The number of nitrogens with two attached hydrogens (primary N) is 1. The molecular formula is C15H18N2. The van der Waals surface area contributed by atoms with Crippen LogP contribution in [0.4, 0.5) is 0 Å². The monoisotopic (exact) mass is 226 g/mol. The normalized spacial score (nSPS) is 19.2. The third-order valence-corrected chi connectivity index (χ3v) is 4.04. The molecule has 0 bridgehead atoms. The summed E-state index contributed by atoms with van der Waals surface area (Å²) in [5.41, 5.74) is 9.97. The standard InChI is InChI=1S/C15H18N2/c1-10-9-13(15(7-8-15)11(2)16)12-5-3-4-6-14(12)17-10/h3-6,9,11H,7-8,16H2,1-2H3. The van der Waals surface area contributed by atoms with E-state index in [2.05, 4.69) is 43.1 Å². The Kier molecular flexibility index (Phi) is 2.23. The highest BCUT2D eigenvalue weighted by molar-refractivity contribution is 5.84. The van der Waals surface area contributed by atoms with E-state index in [0.717, 1.165) is 11.2 Å². The molecule has 17 heavy (non-hydrogen) atoms. The number of aryl methyl sites for hydroxylation is 1. The maximum absolute atomic E-state index is 6.19. The lowest BCUT2D eigenvalue weighted by Gasteiger charge is -2.22. The number of hydrogen-bond donors (Lipinski definition) is 1. The number of nitrogens with zero attached hydrogens (tertiary/aromatic N) is 1. The van der Waals surface area contributed by atoms with Gasteiger partial charge in [-0.1, -0.05) is 18.2 Å². The van der Waals surface area contributed by atoms with E-state index in [1.54, 1.807) is 0 Å². The van der Waals surface area contributed by atoms with Gasteiger partial charge in [-0.3, -0.25) is 4.98 Å². The summed E-state index contributed by atoms with van der Waals surface area (Å²) in [6.07, 6.45) is 2.41. The van der Waals surface area contributed by atoms with Crippen molar-refractivity contribution in [1.82, 2.24) is 4.98 Å². The molecule has 2 aromatic rings. The van der Waals surface area contributed by atoms with Crippen LogP contribution in [-0.4, -0.2) is 11.0 Å². The van der Waals surface area contributed by atoms with Gasteiger partial charge in [-0.05, 0) is 44.4 Å². The summed E-state index contributed by atoms with van der Waals surface area (Å²) < 4.78 is 0. The number of aromatic nitrogens is 1. The fourth-order valence-electron chi connectivity index (χ4n) is 2.82. The Hall–Kier alpha value is -1.41. The Bertz CT molecular complexity index is 568. The molecule has 0 radical (unpaired) electrons. The van der Waals surface area contributed by atoms with Crippen LogP contribution < -0.4 is 5.73 Å². The van der Waals surface area contributed by atoms with Crippen molar-refractivity contribution in [3.8, 4) is 0 Å². The van der Waals surface area contributed by atoms with Gasteiger partial charge in [-0.15, -0.1) is 0 Å². The molecule has 1 aliphatic carbocycles. The van der Waals surface area contributed by atoms with Crippen LogP contribution in [0.15, 0.2) is 30.3 Å². The molecule has 0 spiro atoms. The molecule has 3 rings (SSSR count). The van der Waals surface area contributed by atoms with Gasteiger partial charge in [0.15, 0.2) is 0 Å². The van der Waals surface area contributed by atoms with Crippen molar-refractivity contribution < 1.29 is 0 Å². The molecule has 1 saturated carbocycles. The van der Waals surface area contributed by atoms with Crippen molar-refractivity contribution in [3.05, 3.63) is 41.6 Å². The first kappa shape index (κ1) is 10.7. The van der Waals surface area contributed by atoms with Crippen LogP contribution in [0, 0.1) is 6.92 Å². The molecular weight excluding hydrogens is 208 g/mol. The van der Waals surface area contributed by atoms with E-state index in [1.165, 1.54) is 23.8 Å². The Balaban J connectivity index is 2.29. The number of rotatable bonds is 2. The minimum atomic E-state index is 0.202. The van der Waals surface area contributed by atoms with E-state index in [0.29, 0.717) is 0 Å². The SMILES string of the molecule is Cc1cc(C2(C(C)N)CC2)c2ccccc2n1. The maximum atomic E-state index is 6.19. The van der Waals surface area contributed by atoms with Gasteiger partial charge in [-0.25, -0.2) is 0 Å². The van der Waals surface area contributed by atoms with Crippen molar-refractivity contribution in [1.29, 1.82) is 0 Å². The van der Waals surface area contributed by atoms with E-state index in [-0.39, 0.29) is 11.5 Å². The zero-order valence-electron chi connectivity index (χ0n) is 10.4. The smallest absolute Gasteiger partial charge is 0.0708 e. The van der Waals surface area contributed by atoms with Crippen molar-refractivity contribution >= 4 is 10.9 Å². The zero-order valence-corrected chi connectivity index (χ0v) is 10.4. The zero-order chi connectivity index (χ0) is 12.0. The first-order chi connectivity index (χ1) is 8.13. The molecule has 1 heterocycles. The maximum Gasteiger partial charge on any atom is 0.0708 e. The van der Waals surface area contributed by atoms with Gasteiger partial charge in [0, 0.05) is 22.5 Å². The predicted octanol–water partition coefficient (Wildman–Crippen LogP) is 2.92. The van der Waals surface area contributed by atoms with Gasteiger partial charge in [0.1, 0.15) is 0 Å². The topological polar surface area (TPSA) is 38.9 Å². The second-order valence-electron chi connectivity index (χ2n) is 5.27. The predicted molar refractivity (Wildman–Crippen MR) is 71.0 cm³/mol. The van der Waals surface area contributed by atoms with Crippen LogP contribution >= 0.6 is 0 Å². The third-order valence-electron chi connectivity index (χ3n) is 4.04. The van der Waals surface area contributed by atoms with Crippen LogP contribution in [0.1, 0.15) is 31.0 Å². The lowest BCUT2D eigenvalue weighted by Crippen LogP contribution is -2.31. The molecule has 1 atom stereocenters. The number of fused-ring (bicyclic) bond motifs is 1. The average Bonchev–Trinajstić information content (AvgIpc) is 3.09. The quantitative estimate of drug-likeness (QED) is 0.855. The van der Waals surface area contributed by atoms with E-state index in [9.17, 15) is 0 Å². The molecule has 1 aromatic carbocycles. The number of hydrogen-bond acceptors (Lipinski definition) is 2. The van der Waals surface area contributed by atoms with Crippen LogP contribution in [0.2, 0.25) is 0 Å². The highest BCUT2D eigenvalue weighted by Crippen LogP contribution is 2.52. The Labute approximate surface area is 102 Å². The van der Waals surface area contributed by atoms with Gasteiger partial charge >= 0.3 is 0 Å². The minimum absolute atomic E-state index is 0.202. The second kappa shape index (κ2) is 3.54. The molecule has 2 heteroatoms. The lowest BCUT2D eigenvalue weighted by molar-refractivity contribution is 0.560. The van der Waals surface area contributed by atoms with Crippen molar-refractivity contribution in [2.75, 3.05) is 0 Å². The first-order valence-electron chi connectivity index (χ1n) is 6.26. The summed E-state index contributed by atoms with van der Waals surface area (Å²) in [7, 11) is 0. The van der Waals surface area contributed by atoms with Crippen molar-refractivity contribution in [2.45, 2.75) is 38.1 Å². The Morgan fingerprint density at radius 1 is 1.29 bits per heavy atom.